The molecule has 1 aliphatic carbocycles. The second-order valence-corrected chi connectivity index (χ2v) is 6.44. The minimum absolute atomic E-state index is 0.185. The van der Waals surface area contributed by atoms with E-state index >= 15 is 0 Å². The van der Waals surface area contributed by atoms with Gasteiger partial charge >= 0.3 is 0 Å². The van der Waals surface area contributed by atoms with Crippen molar-refractivity contribution in [2.75, 3.05) is 18.9 Å². The molecule has 0 aliphatic heterocycles. The van der Waals surface area contributed by atoms with Gasteiger partial charge in [-0.1, -0.05) is 28.1 Å². The van der Waals surface area contributed by atoms with Crippen LogP contribution >= 0.6 is 15.9 Å². The third-order valence-corrected chi connectivity index (χ3v) is 4.52. The van der Waals surface area contributed by atoms with Crippen LogP contribution in [0.1, 0.15) is 28.9 Å². The average Bonchev–Trinajstić information content (AvgIpc) is 3.34. The molecule has 0 radical (unpaired) electrons. The Morgan fingerprint density at radius 2 is 2.09 bits per heavy atom. The fraction of sp³-hybridized carbons (Fsp3) is 0.312. The fourth-order valence-corrected chi connectivity index (χ4v) is 2.87. The van der Waals surface area contributed by atoms with E-state index in [4.69, 9.17) is 0 Å². The summed E-state index contributed by atoms with van der Waals surface area (Å²) in [5.41, 5.74) is 1.84. The first-order valence-corrected chi connectivity index (χ1v) is 7.98. The van der Waals surface area contributed by atoms with E-state index in [-0.39, 0.29) is 11.3 Å². The van der Waals surface area contributed by atoms with Gasteiger partial charge in [0.25, 0.3) is 5.91 Å². The molecule has 0 spiro atoms. The van der Waals surface area contributed by atoms with Crippen molar-refractivity contribution in [2.45, 2.75) is 18.3 Å². The predicted molar refractivity (Wildman–Crippen MR) is 89.0 cm³/mol. The molecule has 1 saturated carbocycles. The Morgan fingerprint density at radius 3 is 2.68 bits per heavy atom. The van der Waals surface area contributed by atoms with Crippen LogP contribution in [-0.4, -0.2) is 29.7 Å². The fourth-order valence-electron chi connectivity index (χ4n) is 2.47. The highest BCUT2D eigenvalue weighted by molar-refractivity contribution is 9.10. The quantitative estimate of drug-likeness (QED) is 0.860. The molecule has 3 rings (SSSR count). The highest BCUT2D eigenvalue weighted by atomic mass is 79.9. The molecule has 22 heavy (non-hydrogen) atoms. The van der Waals surface area contributed by atoms with Crippen LogP contribution in [-0.2, 0) is 5.41 Å². The summed E-state index contributed by atoms with van der Waals surface area (Å²) in [7, 11) is 1.57. The van der Waals surface area contributed by atoms with Crippen molar-refractivity contribution in [1.29, 1.82) is 0 Å². The average molecular weight is 361 g/mol. The molecule has 5 nitrogen and oxygen atoms in total. The number of rotatable bonds is 5. The van der Waals surface area contributed by atoms with E-state index in [1.165, 1.54) is 18.4 Å². The first kappa shape index (κ1) is 15.0. The Bertz CT molecular complexity index is 683. The minimum Gasteiger partial charge on any atom is -0.368 e. The third kappa shape index (κ3) is 3.11. The summed E-state index contributed by atoms with van der Waals surface area (Å²) in [5.74, 6) is 0.459. The number of carbonyl (C=O) groups excluding carboxylic acids is 1. The zero-order valence-corrected chi connectivity index (χ0v) is 13.9. The van der Waals surface area contributed by atoms with Crippen molar-refractivity contribution >= 4 is 27.7 Å². The molecule has 0 atom stereocenters. The van der Waals surface area contributed by atoms with Gasteiger partial charge in [0.15, 0.2) is 5.69 Å². The first-order valence-electron chi connectivity index (χ1n) is 7.19. The van der Waals surface area contributed by atoms with Crippen LogP contribution in [0.3, 0.4) is 0 Å². The highest BCUT2D eigenvalue weighted by Gasteiger charge is 2.44. The van der Waals surface area contributed by atoms with Gasteiger partial charge in [0.05, 0.1) is 0 Å². The van der Waals surface area contributed by atoms with E-state index < -0.39 is 0 Å². The Kier molecular flexibility index (Phi) is 4.11. The van der Waals surface area contributed by atoms with E-state index in [0.717, 1.165) is 11.0 Å². The van der Waals surface area contributed by atoms with Crippen LogP contribution in [0.2, 0.25) is 0 Å². The van der Waals surface area contributed by atoms with Crippen LogP contribution < -0.4 is 10.6 Å². The van der Waals surface area contributed by atoms with Gasteiger partial charge in [-0.3, -0.25) is 4.79 Å². The molecule has 2 N–H and O–H groups in total. The number of benzene rings is 1. The Morgan fingerprint density at radius 1 is 1.27 bits per heavy atom. The zero-order valence-electron chi connectivity index (χ0n) is 12.3. The van der Waals surface area contributed by atoms with Crippen molar-refractivity contribution in [3.05, 3.63) is 52.1 Å². The zero-order chi connectivity index (χ0) is 15.6. The molecular formula is C16H17BrN4O. The molecule has 0 bridgehead atoms. The monoisotopic (exact) mass is 360 g/mol. The van der Waals surface area contributed by atoms with Crippen LogP contribution in [0.15, 0.2) is 40.9 Å². The summed E-state index contributed by atoms with van der Waals surface area (Å²) in [6.45, 7) is 0.817. The predicted octanol–water partition coefficient (Wildman–Crippen LogP) is 2.74. The summed E-state index contributed by atoms with van der Waals surface area (Å²) >= 11 is 3.53. The van der Waals surface area contributed by atoms with Crippen molar-refractivity contribution in [1.82, 2.24) is 15.5 Å². The molecular weight excluding hydrogens is 344 g/mol. The van der Waals surface area contributed by atoms with E-state index in [1.54, 1.807) is 19.2 Å². The maximum Gasteiger partial charge on any atom is 0.271 e. The lowest BCUT2D eigenvalue weighted by atomic mass is 9.96. The minimum atomic E-state index is -0.230. The molecule has 1 heterocycles. The van der Waals surface area contributed by atoms with Crippen molar-refractivity contribution in [3.63, 3.8) is 0 Å². The standard InChI is InChI=1S/C16H17BrN4O/c1-18-15(22)13-5-6-14(21-20-13)19-10-16(7-8-16)11-3-2-4-12(17)9-11/h2-6,9H,7-8,10H2,1H3,(H,18,22)(H,19,21). The topological polar surface area (TPSA) is 66.9 Å². The number of nitrogens with zero attached hydrogens (tertiary/aromatic N) is 2. The Hall–Kier alpha value is -1.95. The smallest absolute Gasteiger partial charge is 0.271 e. The third-order valence-electron chi connectivity index (χ3n) is 4.02. The van der Waals surface area contributed by atoms with E-state index in [9.17, 15) is 4.79 Å². The van der Waals surface area contributed by atoms with Crippen LogP contribution in [0.25, 0.3) is 0 Å². The first-order chi connectivity index (χ1) is 10.6. The number of anilines is 1. The number of hydrogen-bond donors (Lipinski definition) is 2. The molecule has 1 fully saturated rings. The molecule has 1 aromatic heterocycles. The molecule has 114 valence electrons. The lowest BCUT2D eigenvalue weighted by Crippen LogP contribution is -2.22. The van der Waals surface area contributed by atoms with Crippen molar-refractivity contribution < 1.29 is 4.79 Å². The normalized spacial score (nSPS) is 15.2. The molecule has 1 aromatic carbocycles. The largest absolute Gasteiger partial charge is 0.368 e. The number of halogens is 1. The maximum atomic E-state index is 11.4. The number of amides is 1. The Labute approximate surface area is 137 Å². The van der Waals surface area contributed by atoms with Gasteiger partial charge in [0, 0.05) is 23.5 Å². The van der Waals surface area contributed by atoms with Crippen LogP contribution in [0.4, 0.5) is 5.82 Å². The summed E-state index contributed by atoms with van der Waals surface area (Å²) in [4.78, 5) is 11.4. The van der Waals surface area contributed by atoms with Gasteiger partial charge in [-0.15, -0.1) is 10.2 Å². The van der Waals surface area contributed by atoms with Crippen molar-refractivity contribution in [2.24, 2.45) is 0 Å². The SMILES string of the molecule is CNC(=O)c1ccc(NCC2(c3cccc(Br)c3)CC2)nn1. The van der Waals surface area contributed by atoms with Crippen LogP contribution in [0, 0.1) is 0 Å². The second-order valence-electron chi connectivity index (χ2n) is 5.53. The molecule has 2 aromatic rings. The number of nitrogens with one attached hydrogen (secondary N) is 2. The highest BCUT2D eigenvalue weighted by Crippen LogP contribution is 2.48. The van der Waals surface area contributed by atoms with E-state index in [0.29, 0.717) is 11.5 Å². The maximum absolute atomic E-state index is 11.4. The van der Waals surface area contributed by atoms with Crippen molar-refractivity contribution in [3.8, 4) is 0 Å². The molecule has 0 unspecified atom stereocenters. The summed E-state index contributed by atoms with van der Waals surface area (Å²) in [6, 6.07) is 11.9. The van der Waals surface area contributed by atoms with Gasteiger partial charge in [-0.2, -0.15) is 0 Å². The number of aromatic nitrogens is 2. The molecule has 6 heteroatoms. The number of hydrogen-bond acceptors (Lipinski definition) is 4. The van der Waals surface area contributed by atoms with Gasteiger partial charge in [0.1, 0.15) is 5.82 Å². The summed E-state index contributed by atoms with van der Waals surface area (Å²) in [5, 5.41) is 13.8. The molecule has 0 saturated heterocycles. The van der Waals surface area contributed by atoms with E-state index in [1.807, 2.05) is 6.07 Å². The van der Waals surface area contributed by atoms with E-state index in [2.05, 4.69) is 55.0 Å². The van der Waals surface area contributed by atoms with Gasteiger partial charge < -0.3 is 10.6 Å². The molecule has 1 amide bonds. The Balaban J connectivity index is 1.66. The lowest BCUT2D eigenvalue weighted by Gasteiger charge is -2.17. The summed E-state index contributed by atoms with van der Waals surface area (Å²) < 4.78 is 1.10. The number of carbonyl (C=O) groups is 1. The second kappa shape index (κ2) is 6.04. The summed E-state index contributed by atoms with van der Waals surface area (Å²) in [6.07, 6.45) is 2.33. The van der Waals surface area contributed by atoms with Crippen LogP contribution in [0.5, 0.6) is 0 Å². The van der Waals surface area contributed by atoms with Gasteiger partial charge in [0.2, 0.25) is 0 Å². The van der Waals surface area contributed by atoms with Gasteiger partial charge in [-0.05, 0) is 42.7 Å². The lowest BCUT2D eigenvalue weighted by molar-refractivity contribution is 0.0957. The van der Waals surface area contributed by atoms with Gasteiger partial charge in [-0.25, -0.2) is 0 Å². The molecule has 1 aliphatic rings.